The molecule has 2 heterocycles. The summed E-state index contributed by atoms with van der Waals surface area (Å²) in [6, 6.07) is 16.7. The molecule has 1 aliphatic heterocycles. The average molecular weight is 434 g/mol. The molecule has 1 aliphatic rings. The van der Waals surface area contributed by atoms with Gasteiger partial charge in [-0.1, -0.05) is 24.3 Å². The molecule has 1 N–H and O–H groups in total. The van der Waals surface area contributed by atoms with Crippen molar-refractivity contribution in [1.29, 1.82) is 0 Å². The van der Waals surface area contributed by atoms with Gasteiger partial charge >= 0.3 is 6.09 Å². The average Bonchev–Trinajstić information content (AvgIpc) is 3.15. The Morgan fingerprint density at radius 3 is 2.62 bits per heavy atom. The lowest BCUT2D eigenvalue weighted by atomic mass is 10.1. The number of ether oxygens (including phenoxy) is 1. The first-order valence-corrected chi connectivity index (χ1v) is 10.5. The largest absolute Gasteiger partial charge is 0.442 e. The Labute approximate surface area is 186 Å². The maximum atomic E-state index is 14.9. The zero-order valence-corrected chi connectivity index (χ0v) is 18.0. The van der Waals surface area contributed by atoms with Crippen molar-refractivity contribution >= 4 is 17.7 Å². The molecule has 1 saturated heterocycles. The van der Waals surface area contributed by atoms with Crippen LogP contribution in [0.4, 0.5) is 14.9 Å². The summed E-state index contributed by atoms with van der Waals surface area (Å²) in [4.78, 5) is 24.6. The van der Waals surface area contributed by atoms with Crippen LogP contribution in [0.1, 0.15) is 18.1 Å². The summed E-state index contributed by atoms with van der Waals surface area (Å²) in [5.41, 5.74) is 4.09. The smallest absolute Gasteiger partial charge is 0.414 e. The number of carbonyl (C=O) groups excluding carboxylic acids is 2. The molecule has 32 heavy (non-hydrogen) atoms. The lowest BCUT2D eigenvalue weighted by molar-refractivity contribution is -0.688. The Bertz CT molecular complexity index is 1150. The standard InChI is InChI=1S/C25H24FN3O3/c1-17-5-3-4-6-20(17)15-28-11-9-19(10-12-28)23-8-7-21(13-24(23)26)29-16-22(32-25(29)31)14-27-18(2)30/h3-13,22H,14-16H2,1-2H3/p+1. The molecular formula is C25H25FN3O3+. The van der Waals surface area contributed by atoms with Crippen LogP contribution >= 0.6 is 0 Å². The van der Waals surface area contributed by atoms with E-state index >= 15 is 0 Å². The number of nitrogens with one attached hydrogen (secondary N) is 1. The van der Waals surface area contributed by atoms with Gasteiger partial charge in [-0.05, 0) is 36.2 Å². The van der Waals surface area contributed by atoms with Crippen molar-refractivity contribution in [3.8, 4) is 11.1 Å². The van der Waals surface area contributed by atoms with Gasteiger partial charge in [-0.15, -0.1) is 0 Å². The minimum atomic E-state index is -0.551. The molecule has 0 spiro atoms. The third-order valence-electron chi connectivity index (χ3n) is 5.53. The summed E-state index contributed by atoms with van der Waals surface area (Å²) in [5.74, 6) is -0.616. The molecular weight excluding hydrogens is 409 g/mol. The quantitative estimate of drug-likeness (QED) is 0.603. The van der Waals surface area contributed by atoms with Crippen LogP contribution in [0.5, 0.6) is 0 Å². The molecule has 0 bridgehead atoms. The SMILES string of the molecule is CC(=O)NCC1CN(c2ccc(-c3cc[n+](Cc4ccccc4C)cc3)c(F)c2)C(=O)O1. The number of hydrogen-bond donors (Lipinski definition) is 1. The topological polar surface area (TPSA) is 62.5 Å². The van der Waals surface area contributed by atoms with E-state index in [1.54, 1.807) is 12.1 Å². The third-order valence-corrected chi connectivity index (χ3v) is 5.53. The van der Waals surface area contributed by atoms with E-state index in [2.05, 4.69) is 24.4 Å². The molecule has 1 unspecified atom stereocenters. The molecule has 7 heteroatoms. The van der Waals surface area contributed by atoms with Gasteiger partial charge in [0, 0.05) is 30.2 Å². The van der Waals surface area contributed by atoms with Gasteiger partial charge in [0.1, 0.15) is 11.9 Å². The highest BCUT2D eigenvalue weighted by molar-refractivity contribution is 5.90. The van der Waals surface area contributed by atoms with Crippen LogP contribution in [0.3, 0.4) is 0 Å². The zero-order valence-electron chi connectivity index (χ0n) is 18.0. The molecule has 4 rings (SSSR count). The second kappa shape index (κ2) is 9.18. The molecule has 2 amide bonds. The second-order valence-electron chi connectivity index (χ2n) is 7.90. The summed E-state index contributed by atoms with van der Waals surface area (Å²) in [7, 11) is 0. The van der Waals surface area contributed by atoms with Crippen LogP contribution in [0.2, 0.25) is 0 Å². The lowest BCUT2D eigenvalue weighted by Gasteiger charge is -2.14. The van der Waals surface area contributed by atoms with Crippen LogP contribution in [-0.2, 0) is 16.1 Å². The van der Waals surface area contributed by atoms with Crippen molar-refractivity contribution in [3.63, 3.8) is 0 Å². The first-order valence-electron chi connectivity index (χ1n) is 10.5. The molecule has 0 aliphatic carbocycles. The van der Waals surface area contributed by atoms with Crippen LogP contribution in [0.25, 0.3) is 11.1 Å². The third kappa shape index (κ3) is 4.77. The van der Waals surface area contributed by atoms with Crippen molar-refractivity contribution in [3.05, 3.63) is 83.9 Å². The van der Waals surface area contributed by atoms with Gasteiger partial charge in [0.05, 0.1) is 18.8 Å². The van der Waals surface area contributed by atoms with E-state index in [-0.39, 0.29) is 19.0 Å². The Morgan fingerprint density at radius 1 is 1.19 bits per heavy atom. The Kier molecular flexibility index (Phi) is 6.16. The fourth-order valence-corrected chi connectivity index (χ4v) is 3.73. The summed E-state index contributed by atoms with van der Waals surface area (Å²) in [6.45, 7) is 4.70. The highest BCUT2D eigenvalue weighted by Crippen LogP contribution is 2.28. The number of nitrogens with zero attached hydrogens (tertiary/aromatic N) is 2. The second-order valence-corrected chi connectivity index (χ2v) is 7.90. The van der Waals surface area contributed by atoms with Gasteiger partial charge in [-0.2, -0.15) is 0 Å². The van der Waals surface area contributed by atoms with Crippen LogP contribution < -0.4 is 14.8 Å². The van der Waals surface area contributed by atoms with Gasteiger partial charge in [0.2, 0.25) is 5.91 Å². The molecule has 1 aromatic heterocycles. The summed E-state index contributed by atoms with van der Waals surface area (Å²) in [5, 5.41) is 2.63. The van der Waals surface area contributed by atoms with Gasteiger partial charge in [0.25, 0.3) is 0 Å². The van der Waals surface area contributed by atoms with E-state index in [9.17, 15) is 14.0 Å². The number of amides is 2. The normalized spacial score (nSPS) is 15.5. The Balaban J connectivity index is 1.47. The first kappa shape index (κ1) is 21.5. The number of aromatic nitrogens is 1. The molecule has 1 atom stereocenters. The molecule has 3 aromatic rings. The van der Waals surface area contributed by atoms with E-state index in [0.717, 1.165) is 12.1 Å². The van der Waals surface area contributed by atoms with Gasteiger partial charge in [-0.3, -0.25) is 9.69 Å². The maximum absolute atomic E-state index is 14.9. The monoisotopic (exact) mass is 434 g/mol. The number of pyridine rings is 1. The molecule has 0 radical (unpaired) electrons. The molecule has 1 fully saturated rings. The molecule has 6 nitrogen and oxygen atoms in total. The highest BCUT2D eigenvalue weighted by Gasteiger charge is 2.32. The fourth-order valence-electron chi connectivity index (χ4n) is 3.73. The van der Waals surface area contributed by atoms with Crippen molar-refractivity contribution in [1.82, 2.24) is 5.32 Å². The number of hydrogen-bond acceptors (Lipinski definition) is 3. The summed E-state index contributed by atoms with van der Waals surface area (Å²) < 4.78 is 22.2. The van der Waals surface area contributed by atoms with Crippen LogP contribution in [0, 0.1) is 12.7 Å². The van der Waals surface area contributed by atoms with E-state index in [0.29, 0.717) is 11.3 Å². The van der Waals surface area contributed by atoms with E-state index in [4.69, 9.17) is 4.74 Å². The highest BCUT2D eigenvalue weighted by atomic mass is 19.1. The van der Waals surface area contributed by atoms with Gasteiger partial charge in [0.15, 0.2) is 18.9 Å². The number of rotatable bonds is 6. The van der Waals surface area contributed by atoms with Crippen molar-refractivity contribution in [2.45, 2.75) is 26.5 Å². The molecule has 164 valence electrons. The first-order chi connectivity index (χ1) is 15.4. The van der Waals surface area contributed by atoms with Gasteiger partial charge in [-0.25, -0.2) is 13.8 Å². The maximum Gasteiger partial charge on any atom is 0.414 e. The predicted octanol–water partition coefficient (Wildman–Crippen LogP) is 3.60. The van der Waals surface area contributed by atoms with Crippen LogP contribution in [-0.4, -0.2) is 31.2 Å². The molecule has 0 saturated carbocycles. The Morgan fingerprint density at radius 2 is 1.94 bits per heavy atom. The minimum Gasteiger partial charge on any atom is -0.442 e. The van der Waals surface area contributed by atoms with E-state index in [1.165, 1.54) is 29.0 Å². The summed E-state index contributed by atoms with van der Waals surface area (Å²) >= 11 is 0. The summed E-state index contributed by atoms with van der Waals surface area (Å²) in [6.07, 6.45) is 2.84. The fraction of sp³-hybridized carbons (Fsp3) is 0.240. The van der Waals surface area contributed by atoms with Crippen LogP contribution in [0.15, 0.2) is 67.0 Å². The van der Waals surface area contributed by atoms with E-state index in [1.807, 2.05) is 41.2 Å². The minimum absolute atomic E-state index is 0.196. The number of anilines is 1. The number of cyclic esters (lactones) is 1. The predicted molar refractivity (Wildman–Crippen MR) is 119 cm³/mol. The zero-order chi connectivity index (χ0) is 22.7. The number of halogens is 1. The molecule has 2 aromatic carbocycles. The van der Waals surface area contributed by atoms with Crippen molar-refractivity contribution in [2.24, 2.45) is 0 Å². The number of carbonyl (C=O) groups is 2. The van der Waals surface area contributed by atoms with E-state index < -0.39 is 18.0 Å². The number of benzene rings is 2. The number of aryl methyl sites for hydroxylation is 1. The van der Waals surface area contributed by atoms with Crippen molar-refractivity contribution < 1.29 is 23.3 Å². The van der Waals surface area contributed by atoms with Gasteiger partial charge < -0.3 is 10.1 Å². The van der Waals surface area contributed by atoms with Crippen molar-refractivity contribution in [2.75, 3.05) is 18.0 Å². The Hall–Kier alpha value is -3.74. The lowest BCUT2D eigenvalue weighted by Crippen LogP contribution is -2.33.